The fraction of sp³-hybridized carbons (Fsp3) is 0.250. The first-order chi connectivity index (χ1) is 10.3. The summed E-state index contributed by atoms with van der Waals surface area (Å²) in [5.41, 5.74) is 10.4. The number of nitrogens with one attached hydrogen (secondary N) is 1. The van der Waals surface area contributed by atoms with Gasteiger partial charge in [0, 0.05) is 18.0 Å². The van der Waals surface area contributed by atoms with E-state index in [0.717, 1.165) is 40.2 Å². The van der Waals surface area contributed by atoms with Crippen molar-refractivity contribution in [3.8, 4) is 17.0 Å². The number of nitrogens with two attached hydrogens (primary N) is 1. The van der Waals surface area contributed by atoms with Gasteiger partial charge in [0.05, 0.1) is 12.3 Å². The van der Waals surface area contributed by atoms with Crippen LogP contribution in [-0.2, 0) is 0 Å². The molecule has 0 aliphatic rings. The Labute approximate surface area is 123 Å². The Bertz CT molecular complexity index is 734. The molecular formula is C16H18N4O. The van der Waals surface area contributed by atoms with Gasteiger partial charge in [-0.05, 0) is 49.7 Å². The molecule has 0 saturated carbocycles. The zero-order valence-corrected chi connectivity index (χ0v) is 12.0. The molecule has 0 bridgehead atoms. The average Bonchev–Trinajstić information content (AvgIpc) is 2.86. The Hall–Kier alpha value is -2.40. The van der Waals surface area contributed by atoms with Crippen LogP contribution in [0.5, 0.6) is 5.75 Å². The van der Waals surface area contributed by atoms with Crippen LogP contribution in [-0.4, -0.2) is 28.1 Å². The third-order valence-corrected chi connectivity index (χ3v) is 3.43. The van der Waals surface area contributed by atoms with Gasteiger partial charge < -0.3 is 15.5 Å². The second kappa shape index (κ2) is 5.93. The van der Waals surface area contributed by atoms with E-state index in [1.54, 1.807) is 12.4 Å². The number of aryl methyl sites for hydroxylation is 1. The topological polar surface area (TPSA) is 76.8 Å². The van der Waals surface area contributed by atoms with Crippen molar-refractivity contribution in [1.82, 2.24) is 15.0 Å². The summed E-state index contributed by atoms with van der Waals surface area (Å²) in [6.45, 7) is 3.34. The molecule has 2 heterocycles. The summed E-state index contributed by atoms with van der Waals surface area (Å²) in [5.74, 6) is 0.859. The second-order valence-corrected chi connectivity index (χ2v) is 4.89. The van der Waals surface area contributed by atoms with Crippen LogP contribution in [0.4, 0.5) is 0 Å². The number of hydrogen-bond donors (Lipinski definition) is 2. The number of fused-ring (bicyclic) bond motifs is 1. The second-order valence-electron chi connectivity index (χ2n) is 4.89. The Morgan fingerprint density at radius 3 is 2.62 bits per heavy atom. The van der Waals surface area contributed by atoms with Gasteiger partial charge in [-0.2, -0.15) is 0 Å². The van der Waals surface area contributed by atoms with Crippen molar-refractivity contribution < 1.29 is 4.74 Å². The number of ether oxygens (including phenoxy) is 1. The fourth-order valence-electron chi connectivity index (χ4n) is 2.31. The maximum Gasteiger partial charge on any atom is 0.156 e. The van der Waals surface area contributed by atoms with Crippen molar-refractivity contribution >= 4 is 11.2 Å². The minimum atomic E-state index is 0.645. The van der Waals surface area contributed by atoms with Crippen LogP contribution >= 0.6 is 0 Å². The third kappa shape index (κ3) is 2.73. The molecule has 0 unspecified atom stereocenters. The monoisotopic (exact) mass is 282 g/mol. The molecule has 5 heteroatoms. The molecule has 0 amide bonds. The van der Waals surface area contributed by atoms with Gasteiger partial charge in [0.2, 0.25) is 0 Å². The molecule has 1 aromatic carbocycles. The zero-order valence-electron chi connectivity index (χ0n) is 12.0. The summed E-state index contributed by atoms with van der Waals surface area (Å²) < 4.78 is 5.61. The Kier molecular flexibility index (Phi) is 3.83. The number of aromatic amines is 1. The van der Waals surface area contributed by atoms with E-state index in [-0.39, 0.29) is 0 Å². The summed E-state index contributed by atoms with van der Waals surface area (Å²) in [5, 5.41) is 0. The number of nitrogens with zero attached hydrogens (tertiary/aromatic N) is 2. The summed E-state index contributed by atoms with van der Waals surface area (Å²) in [7, 11) is 0. The smallest absolute Gasteiger partial charge is 0.156 e. The molecule has 0 aliphatic carbocycles. The average molecular weight is 282 g/mol. The van der Waals surface area contributed by atoms with Crippen molar-refractivity contribution in [2.24, 2.45) is 5.73 Å². The van der Waals surface area contributed by atoms with E-state index in [2.05, 4.69) is 21.9 Å². The van der Waals surface area contributed by atoms with Crippen LogP contribution in [0.25, 0.3) is 22.4 Å². The molecule has 3 aromatic rings. The van der Waals surface area contributed by atoms with E-state index < -0.39 is 0 Å². The maximum absolute atomic E-state index is 5.61. The van der Waals surface area contributed by atoms with Gasteiger partial charge in [-0.1, -0.05) is 0 Å². The lowest BCUT2D eigenvalue weighted by molar-refractivity contribution is 0.313. The van der Waals surface area contributed by atoms with Crippen molar-refractivity contribution in [2.75, 3.05) is 13.2 Å². The Balaban J connectivity index is 1.87. The maximum atomic E-state index is 5.61. The van der Waals surface area contributed by atoms with Crippen molar-refractivity contribution in [1.29, 1.82) is 0 Å². The highest BCUT2D eigenvalue weighted by molar-refractivity contribution is 5.84. The number of H-pyrrole nitrogens is 1. The third-order valence-electron chi connectivity index (χ3n) is 3.43. The van der Waals surface area contributed by atoms with Gasteiger partial charge in [0.25, 0.3) is 0 Å². The van der Waals surface area contributed by atoms with Crippen molar-refractivity contribution in [3.63, 3.8) is 0 Å². The first-order valence-electron chi connectivity index (χ1n) is 7.02. The molecule has 3 N–H and O–H groups in total. The van der Waals surface area contributed by atoms with Gasteiger partial charge in [-0.3, -0.25) is 4.98 Å². The summed E-state index contributed by atoms with van der Waals surface area (Å²) in [4.78, 5) is 12.0. The van der Waals surface area contributed by atoms with E-state index in [1.807, 2.05) is 24.3 Å². The van der Waals surface area contributed by atoms with Gasteiger partial charge >= 0.3 is 0 Å². The van der Waals surface area contributed by atoms with Crippen LogP contribution in [0.15, 0.2) is 36.7 Å². The highest BCUT2D eigenvalue weighted by Crippen LogP contribution is 2.28. The standard InChI is InChI=1S/C16H18N4O/c1-11-14(20-16-15(11)18-8-9-19-16)12-3-5-13(6-4-12)21-10-2-7-17/h3-6,8-9H,2,7,10,17H2,1H3,(H,19,20). The molecule has 0 saturated heterocycles. The van der Waals surface area contributed by atoms with E-state index in [1.165, 1.54) is 0 Å². The van der Waals surface area contributed by atoms with Crippen molar-refractivity contribution in [3.05, 3.63) is 42.2 Å². The Morgan fingerprint density at radius 2 is 1.90 bits per heavy atom. The zero-order chi connectivity index (χ0) is 14.7. The lowest BCUT2D eigenvalue weighted by atomic mass is 10.1. The van der Waals surface area contributed by atoms with Crippen LogP contribution in [0, 0.1) is 6.92 Å². The van der Waals surface area contributed by atoms with Gasteiger partial charge in [-0.15, -0.1) is 0 Å². The number of aromatic nitrogens is 3. The molecule has 2 aromatic heterocycles. The minimum absolute atomic E-state index is 0.645. The summed E-state index contributed by atoms with van der Waals surface area (Å²) in [6, 6.07) is 8.01. The van der Waals surface area contributed by atoms with Gasteiger partial charge in [-0.25, -0.2) is 4.98 Å². The fourth-order valence-corrected chi connectivity index (χ4v) is 2.31. The van der Waals surface area contributed by atoms with Crippen LogP contribution in [0.2, 0.25) is 0 Å². The largest absolute Gasteiger partial charge is 0.494 e. The Morgan fingerprint density at radius 1 is 1.14 bits per heavy atom. The first-order valence-corrected chi connectivity index (χ1v) is 7.02. The van der Waals surface area contributed by atoms with Crippen molar-refractivity contribution in [2.45, 2.75) is 13.3 Å². The molecule has 5 nitrogen and oxygen atoms in total. The van der Waals surface area contributed by atoms with E-state index >= 15 is 0 Å². The van der Waals surface area contributed by atoms with E-state index in [4.69, 9.17) is 10.5 Å². The summed E-state index contributed by atoms with van der Waals surface area (Å²) >= 11 is 0. The molecule has 0 fully saturated rings. The van der Waals surface area contributed by atoms with Crippen LogP contribution < -0.4 is 10.5 Å². The molecule has 3 rings (SSSR count). The molecule has 0 spiro atoms. The van der Waals surface area contributed by atoms with Gasteiger partial charge in [0.15, 0.2) is 5.65 Å². The normalized spacial score (nSPS) is 11.0. The molecular weight excluding hydrogens is 264 g/mol. The van der Waals surface area contributed by atoms with Gasteiger partial charge in [0.1, 0.15) is 11.3 Å². The molecule has 0 atom stereocenters. The number of benzene rings is 1. The first kappa shape index (κ1) is 13.6. The molecule has 0 aliphatic heterocycles. The SMILES string of the molecule is Cc1c(-c2ccc(OCCCN)cc2)[nH]c2nccnc12. The number of rotatable bonds is 5. The predicted molar refractivity (Wildman–Crippen MR) is 83.2 cm³/mol. The minimum Gasteiger partial charge on any atom is -0.494 e. The molecule has 21 heavy (non-hydrogen) atoms. The van der Waals surface area contributed by atoms with E-state index in [9.17, 15) is 0 Å². The van der Waals surface area contributed by atoms with Crippen LogP contribution in [0.1, 0.15) is 12.0 Å². The lowest BCUT2D eigenvalue weighted by Crippen LogP contribution is -2.05. The number of hydrogen-bond acceptors (Lipinski definition) is 4. The lowest BCUT2D eigenvalue weighted by Gasteiger charge is -2.06. The summed E-state index contributed by atoms with van der Waals surface area (Å²) in [6.07, 6.45) is 4.26. The van der Waals surface area contributed by atoms with E-state index in [0.29, 0.717) is 13.2 Å². The molecule has 108 valence electrons. The molecule has 0 radical (unpaired) electrons. The predicted octanol–water partition coefficient (Wildman–Crippen LogP) is 2.66. The highest BCUT2D eigenvalue weighted by Gasteiger charge is 2.10. The highest BCUT2D eigenvalue weighted by atomic mass is 16.5. The van der Waals surface area contributed by atoms with Crippen LogP contribution in [0.3, 0.4) is 0 Å². The quantitative estimate of drug-likeness (QED) is 0.705.